The van der Waals surface area contributed by atoms with Crippen LogP contribution in [0, 0.1) is 0 Å². The highest BCUT2D eigenvalue weighted by Crippen LogP contribution is 2.13. The first-order valence-electron chi connectivity index (χ1n) is 5.71. The largest absolute Gasteiger partial charge is 0.388 e. The molecule has 0 spiro atoms. The molecule has 92 valence electrons. The lowest BCUT2D eigenvalue weighted by atomic mass is 10.1. The lowest BCUT2D eigenvalue weighted by molar-refractivity contribution is -0.120. The Bertz CT molecular complexity index is 159. The monoisotopic (exact) mass is 218 g/mol. The Hall–Kier alpha value is -0.120. The van der Waals surface area contributed by atoms with Gasteiger partial charge in [0.25, 0.3) is 0 Å². The molecule has 0 bridgehead atoms. The van der Waals surface area contributed by atoms with Gasteiger partial charge in [-0.3, -0.25) is 0 Å². The Kier molecular flexibility index (Phi) is 6.41. The zero-order chi connectivity index (χ0) is 11.9. The summed E-state index contributed by atoms with van der Waals surface area (Å²) in [7, 11) is 0. The molecule has 0 radical (unpaired) electrons. The zero-order valence-corrected chi connectivity index (χ0v) is 10.8. The maximum atomic E-state index is 9.52. The predicted molar refractivity (Wildman–Crippen MR) is 62.1 cm³/mol. The van der Waals surface area contributed by atoms with E-state index >= 15 is 0 Å². The van der Waals surface area contributed by atoms with Crippen molar-refractivity contribution in [2.45, 2.75) is 58.7 Å². The molecule has 0 aliphatic heterocycles. The molecule has 0 aromatic rings. The Morgan fingerprint density at radius 1 is 1.07 bits per heavy atom. The van der Waals surface area contributed by atoms with Crippen molar-refractivity contribution in [2.75, 3.05) is 19.8 Å². The molecule has 0 atom stereocenters. The third-order valence-corrected chi connectivity index (χ3v) is 1.91. The smallest absolute Gasteiger partial charge is 0.0860 e. The fraction of sp³-hybridized carbons (Fsp3) is 1.00. The van der Waals surface area contributed by atoms with Crippen LogP contribution in [0.5, 0.6) is 0 Å². The lowest BCUT2D eigenvalue weighted by Gasteiger charge is -2.29. The topological polar surface area (TPSA) is 38.7 Å². The van der Waals surface area contributed by atoms with Crippen molar-refractivity contribution in [3.05, 3.63) is 0 Å². The molecule has 0 saturated heterocycles. The molecular formula is C12H26O3. The first kappa shape index (κ1) is 14.9. The van der Waals surface area contributed by atoms with Crippen molar-refractivity contribution >= 4 is 0 Å². The van der Waals surface area contributed by atoms with Crippen LogP contribution in [0.15, 0.2) is 0 Å². The van der Waals surface area contributed by atoms with Gasteiger partial charge in [0, 0.05) is 6.61 Å². The molecule has 0 aromatic heterocycles. The summed E-state index contributed by atoms with van der Waals surface area (Å²) < 4.78 is 11.1. The van der Waals surface area contributed by atoms with Gasteiger partial charge in [-0.15, -0.1) is 0 Å². The lowest BCUT2D eigenvalue weighted by Crippen LogP contribution is -2.37. The molecule has 0 rings (SSSR count). The molecule has 0 unspecified atom stereocenters. The van der Waals surface area contributed by atoms with E-state index in [9.17, 15) is 5.11 Å². The van der Waals surface area contributed by atoms with E-state index in [-0.39, 0.29) is 5.60 Å². The van der Waals surface area contributed by atoms with Gasteiger partial charge in [0.1, 0.15) is 0 Å². The summed E-state index contributed by atoms with van der Waals surface area (Å²) in [6, 6.07) is 0. The second kappa shape index (κ2) is 6.46. The average molecular weight is 218 g/mol. The van der Waals surface area contributed by atoms with E-state index in [1.54, 1.807) is 13.8 Å². The Balaban J connectivity index is 3.67. The standard InChI is InChI=1S/C12H26O3/c1-6-7-8-14-10-12(4,5)15-9-11(2,3)13/h13H,6-10H2,1-5H3. The van der Waals surface area contributed by atoms with Crippen molar-refractivity contribution in [2.24, 2.45) is 0 Å². The van der Waals surface area contributed by atoms with Crippen molar-refractivity contribution in [3.63, 3.8) is 0 Å². The minimum Gasteiger partial charge on any atom is -0.388 e. The second-order valence-electron chi connectivity index (χ2n) is 5.27. The van der Waals surface area contributed by atoms with Crippen LogP contribution < -0.4 is 0 Å². The SMILES string of the molecule is CCCCOCC(C)(C)OCC(C)(C)O. The van der Waals surface area contributed by atoms with E-state index in [4.69, 9.17) is 9.47 Å². The summed E-state index contributed by atoms with van der Waals surface area (Å²) in [5, 5.41) is 9.52. The van der Waals surface area contributed by atoms with Crippen LogP contribution in [0.2, 0.25) is 0 Å². The second-order valence-corrected chi connectivity index (χ2v) is 5.27. The van der Waals surface area contributed by atoms with Gasteiger partial charge in [-0.25, -0.2) is 0 Å². The number of rotatable bonds is 8. The minimum absolute atomic E-state index is 0.326. The van der Waals surface area contributed by atoms with Gasteiger partial charge in [0.05, 0.1) is 24.4 Å². The highest BCUT2D eigenvalue weighted by molar-refractivity contribution is 4.71. The maximum absolute atomic E-state index is 9.52. The summed E-state index contributed by atoms with van der Waals surface area (Å²) >= 11 is 0. The predicted octanol–water partition coefficient (Wildman–Crippen LogP) is 2.37. The first-order chi connectivity index (χ1) is 6.77. The van der Waals surface area contributed by atoms with Crippen LogP contribution in [0.4, 0.5) is 0 Å². The molecule has 0 amide bonds. The van der Waals surface area contributed by atoms with Crippen molar-refractivity contribution in [1.29, 1.82) is 0 Å². The van der Waals surface area contributed by atoms with Gasteiger partial charge in [-0.05, 0) is 34.1 Å². The summed E-state index contributed by atoms with van der Waals surface area (Å²) in [6.45, 7) is 11.3. The quantitative estimate of drug-likeness (QED) is 0.636. The Labute approximate surface area is 93.8 Å². The number of hydrogen-bond donors (Lipinski definition) is 1. The number of ether oxygens (including phenoxy) is 2. The molecule has 15 heavy (non-hydrogen) atoms. The molecular weight excluding hydrogens is 192 g/mol. The van der Waals surface area contributed by atoms with E-state index in [1.807, 2.05) is 13.8 Å². The summed E-state index contributed by atoms with van der Waals surface area (Å²) in [5.41, 5.74) is -1.10. The fourth-order valence-electron chi connectivity index (χ4n) is 0.978. The van der Waals surface area contributed by atoms with Gasteiger partial charge >= 0.3 is 0 Å². The molecule has 0 heterocycles. The maximum Gasteiger partial charge on any atom is 0.0860 e. The molecule has 3 nitrogen and oxygen atoms in total. The first-order valence-corrected chi connectivity index (χ1v) is 5.71. The van der Waals surface area contributed by atoms with E-state index in [0.29, 0.717) is 13.2 Å². The van der Waals surface area contributed by atoms with Gasteiger partial charge in [-0.2, -0.15) is 0 Å². The molecule has 0 saturated carbocycles. The Morgan fingerprint density at radius 2 is 1.67 bits per heavy atom. The Morgan fingerprint density at radius 3 is 2.13 bits per heavy atom. The molecule has 0 aliphatic carbocycles. The van der Waals surface area contributed by atoms with E-state index in [1.165, 1.54) is 0 Å². The number of unbranched alkanes of at least 4 members (excludes halogenated alkanes) is 1. The number of hydrogen-bond acceptors (Lipinski definition) is 3. The molecule has 0 fully saturated rings. The number of aliphatic hydroxyl groups is 1. The minimum atomic E-state index is -0.777. The van der Waals surface area contributed by atoms with Gasteiger partial charge < -0.3 is 14.6 Å². The molecule has 3 heteroatoms. The van der Waals surface area contributed by atoms with Gasteiger partial charge in [-0.1, -0.05) is 13.3 Å². The summed E-state index contributed by atoms with van der Waals surface area (Å²) in [6.07, 6.45) is 2.23. The summed E-state index contributed by atoms with van der Waals surface area (Å²) in [4.78, 5) is 0. The molecule has 1 N–H and O–H groups in total. The van der Waals surface area contributed by atoms with E-state index in [0.717, 1.165) is 19.4 Å². The van der Waals surface area contributed by atoms with Crippen LogP contribution >= 0.6 is 0 Å². The van der Waals surface area contributed by atoms with Gasteiger partial charge in [0.15, 0.2) is 0 Å². The van der Waals surface area contributed by atoms with E-state index in [2.05, 4.69) is 6.92 Å². The normalized spacial score (nSPS) is 13.2. The van der Waals surface area contributed by atoms with Crippen LogP contribution in [0.1, 0.15) is 47.5 Å². The van der Waals surface area contributed by atoms with Crippen molar-refractivity contribution in [1.82, 2.24) is 0 Å². The third-order valence-electron chi connectivity index (χ3n) is 1.91. The zero-order valence-electron chi connectivity index (χ0n) is 10.8. The van der Waals surface area contributed by atoms with Crippen LogP contribution in [0.25, 0.3) is 0 Å². The van der Waals surface area contributed by atoms with Crippen molar-refractivity contribution < 1.29 is 14.6 Å². The highest BCUT2D eigenvalue weighted by atomic mass is 16.5. The molecule has 0 aliphatic rings. The van der Waals surface area contributed by atoms with Crippen LogP contribution in [0.3, 0.4) is 0 Å². The summed E-state index contributed by atoms with van der Waals surface area (Å²) in [5.74, 6) is 0. The van der Waals surface area contributed by atoms with Crippen molar-refractivity contribution in [3.8, 4) is 0 Å². The fourth-order valence-corrected chi connectivity index (χ4v) is 0.978. The highest BCUT2D eigenvalue weighted by Gasteiger charge is 2.23. The van der Waals surface area contributed by atoms with Gasteiger partial charge in [0.2, 0.25) is 0 Å². The van der Waals surface area contributed by atoms with Crippen LogP contribution in [-0.2, 0) is 9.47 Å². The molecule has 0 aromatic carbocycles. The third kappa shape index (κ3) is 10.2. The van der Waals surface area contributed by atoms with E-state index < -0.39 is 5.60 Å². The average Bonchev–Trinajstić information content (AvgIpc) is 2.09. The van der Waals surface area contributed by atoms with Crippen LogP contribution in [-0.4, -0.2) is 36.1 Å².